The Morgan fingerprint density at radius 1 is 1.12 bits per heavy atom. The number of hydrogen-bond donors (Lipinski definition) is 1. The molecule has 5 rings (SSSR count). The van der Waals surface area contributed by atoms with E-state index in [0.717, 1.165) is 11.8 Å². The summed E-state index contributed by atoms with van der Waals surface area (Å²) in [6.45, 7) is 4.02. The number of aliphatic hydroxyl groups excluding tert-OH is 1. The normalized spacial score (nSPS) is 17.2. The van der Waals surface area contributed by atoms with E-state index in [-0.39, 0.29) is 47.5 Å². The number of amides is 1. The van der Waals surface area contributed by atoms with E-state index in [9.17, 15) is 27.5 Å². The summed E-state index contributed by atoms with van der Waals surface area (Å²) in [5, 5.41) is 14.0. The third-order valence-corrected chi connectivity index (χ3v) is 7.53. The molecular weight excluding hydrogens is 542 g/mol. The van der Waals surface area contributed by atoms with E-state index in [1.807, 2.05) is 11.8 Å². The van der Waals surface area contributed by atoms with Gasteiger partial charge in [-0.3, -0.25) is 9.69 Å². The van der Waals surface area contributed by atoms with E-state index in [4.69, 9.17) is 4.74 Å². The average Bonchev–Trinajstić information content (AvgIpc) is 3.36. The number of aromatic nitrogens is 3. The molecule has 0 saturated carbocycles. The van der Waals surface area contributed by atoms with Gasteiger partial charge in [0.1, 0.15) is 17.1 Å². The number of hydrogen-bond acceptors (Lipinski definition) is 6. The molecular formula is C29H29F4N5O3. The summed E-state index contributed by atoms with van der Waals surface area (Å²) in [7, 11) is 1.49. The molecule has 8 nitrogen and oxygen atoms in total. The number of rotatable bonds is 6. The van der Waals surface area contributed by atoms with Gasteiger partial charge in [0.15, 0.2) is 11.3 Å². The van der Waals surface area contributed by atoms with Crippen molar-refractivity contribution in [3.05, 3.63) is 82.9 Å². The standard InChI is InChI=1S/C29H29F4N5O3/c1-17-15-36(24(16-39)19-4-8-21(30)9-5-19)12-13-37(17)28(40)23-14-34-38-26(29(31,32)33)18(2)25(35-27(23)38)20-6-10-22(41-3)11-7-20/h4-11,14,17,24,39H,12-13,15-16H2,1-3H3/t17-,24-/m1/s1. The Balaban J connectivity index is 1.48. The van der Waals surface area contributed by atoms with Crippen LogP contribution in [0.2, 0.25) is 0 Å². The van der Waals surface area contributed by atoms with Crippen molar-refractivity contribution in [2.24, 2.45) is 0 Å². The summed E-state index contributed by atoms with van der Waals surface area (Å²) in [5.41, 5.74) is -0.0753. The molecule has 2 atom stereocenters. The van der Waals surface area contributed by atoms with Gasteiger partial charge in [0.25, 0.3) is 5.91 Å². The van der Waals surface area contributed by atoms with E-state index >= 15 is 0 Å². The lowest BCUT2D eigenvalue weighted by molar-refractivity contribution is -0.143. The number of alkyl halides is 3. The van der Waals surface area contributed by atoms with Crippen molar-refractivity contribution >= 4 is 11.6 Å². The van der Waals surface area contributed by atoms with Gasteiger partial charge in [-0.2, -0.15) is 18.3 Å². The second-order valence-electron chi connectivity index (χ2n) is 10.0. The molecule has 0 bridgehead atoms. The number of fused-ring (bicyclic) bond motifs is 1. The van der Waals surface area contributed by atoms with E-state index in [1.165, 1.54) is 26.2 Å². The highest BCUT2D eigenvalue weighted by Gasteiger charge is 2.39. The predicted octanol–water partition coefficient (Wildman–Crippen LogP) is 4.75. The zero-order chi connectivity index (χ0) is 29.5. The molecule has 4 aromatic rings. The SMILES string of the molecule is COc1ccc(-c2nc3c(C(=O)N4CCN([C@H](CO)c5ccc(F)cc5)C[C@H]4C)cnn3c(C(F)(F)F)c2C)cc1. The topological polar surface area (TPSA) is 83.2 Å². The van der Waals surface area contributed by atoms with Gasteiger partial charge in [0.05, 0.1) is 31.6 Å². The lowest BCUT2D eigenvalue weighted by Gasteiger charge is -2.43. The minimum atomic E-state index is -4.75. The number of methoxy groups -OCH3 is 1. The van der Waals surface area contributed by atoms with Gasteiger partial charge in [-0.15, -0.1) is 0 Å². The average molecular weight is 572 g/mol. The molecule has 41 heavy (non-hydrogen) atoms. The number of ether oxygens (including phenoxy) is 1. The second-order valence-corrected chi connectivity index (χ2v) is 10.0. The molecule has 0 unspecified atom stereocenters. The summed E-state index contributed by atoms with van der Waals surface area (Å²) in [6, 6.07) is 11.6. The van der Waals surface area contributed by atoms with E-state index in [2.05, 4.69) is 10.1 Å². The molecule has 3 heterocycles. The summed E-state index contributed by atoms with van der Waals surface area (Å²) in [6.07, 6.45) is -3.62. The number of aliphatic hydroxyl groups is 1. The molecule has 2 aromatic carbocycles. The minimum absolute atomic E-state index is 0.0391. The van der Waals surface area contributed by atoms with Crippen LogP contribution in [0.4, 0.5) is 17.6 Å². The van der Waals surface area contributed by atoms with Crippen LogP contribution in [0.3, 0.4) is 0 Å². The number of piperazine rings is 1. The first-order valence-electron chi connectivity index (χ1n) is 13.0. The van der Waals surface area contributed by atoms with Crippen LogP contribution in [-0.4, -0.2) is 74.8 Å². The first-order chi connectivity index (χ1) is 19.5. The van der Waals surface area contributed by atoms with Crippen LogP contribution in [-0.2, 0) is 6.18 Å². The van der Waals surface area contributed by atoms with Crippen molar-refractivity contribution < 1.29 is 32.2 Å². The Bertz CT molecular complexity index is 1550. The first kappa shape index (κ1) is 28.5. The Morgan fingerprint density at radius 2 is 1.80 bits per heavy atom. The maximum absolute atomic E-state index is 14.3. The molecule has 0 spiro atoms. The van der Waals surface area contributed by atoms with Crippen LogP contribution in [0.5, 0.6) is 5.75 Å². The molecule has 12 heteroatoms. The van der Waals surface area contributed by atoms with Crippen molar-refractivity contribution in [1.82, 2.24) is 24.4 Å². The van der Waals surface area contributed by atoms with Crippen molar-refractivity contribution in [2.45, 2.75) is 32.1 Å². The molecule has 1 aliphatic heterocycles. The zero-order valence-electron chi connectivity index (χ0n) is 22.7. The van der Waals surface area contributed by atoms with Gasteiger partial charge in [0.2, 0.25) is 0 Å². The molecule has 216 valence electrons. The summed E-state index contributed by atoms with van der Waals surface area (Å²) >= 11 is 0. The van der Waals surface area contributed by atoms with Crippen LogP contribution in [0.1, 0.15) is 40.1 Å². The van der Waals surface area contributed by atoms with Crippen molar-refractivity contribution in [2.75, 3.05) is 33.4 Å². The van der Waals surface area contributed by atoms with Gasteiger partial charge >= 0.3 is 6.18 Å². The van der Waals surface area contributed by atoms with Crippen LogP contribution >= 0.6 is 0 Å². The number of carbonyl (C=O) groups is 1. The Kier molecular flexibility index (Phi) is 7.71. The smallest absolute Gasteiger partial charge is 0.433 e. The molecule has 1 fully saturated rings. The monoisotopic (exact) mass is 571 g/mol. The molecule has 2 aromatic heterocycles. The van der Waals surface area contributed by atoms with E-state index in [1.54, 1.807) is 41.3 Å². The van der Waals surface area contributed by atoms with Crippen LogP contribution in [0.25, 0.3) is 16.9 Å². The van der Waals surface area contributed by atoms with Gasteiger partial charge in [-0.25, -0.2) is 13.9 Å². The fraction of sp³-hybridized carbons (Fsp3) is 0.345. The maximum Gasteiger partial charge on any atom is 0.433 e. The highest BCUT2D eigenvalue weighted by Crippen LogP contribution is 2.37. The Hall–Kier alpha value is -4.03. The van der Waals surface area contributed by atoms with Crippen LogP contribution in [0, 0.1) is 12.7 Å². The fourth-order valence-electron chi connectivity index (χ4n) is 5.43. The predicted molar refractivity (Wildman–Crippen MR) is 143 cm³/mol. The number of halogens is 4. The Morgan fingerprint density at radius 3 is 2.39 bits per heavy atom. The molecule has 1 saturated heterocycles. The quantitative estimate of drug-likeness (QED) is 0.337. The van der Waals surface area contributed by atoms with Crippen molar-refractivity contribution in [1.29, 1.82) is 0 Å². The second kappa shape index (κ2) is 11.1. The summed E-state index contributed by atoms with van der Waals surface area (Å²) in [4.78, 5) is 21.8. The molecule has 1 aliphatic rings. The third kappa shape index (κ3) is 5.36. The van der Waals surface area contributed by atoms with Gasteiger partial charge < -0.3 is 14.7 Å². The Labute approximate surface area is 233 Å². The van der Waals surface area contributed by atoms with Crippen molar-refractivity contribution in [3.8, 4) is 17.0 Å². The molecule has 1 amide bonds. The number of benzene rings is 2. The first-order valence-corrected chi connectivity index (χ1v) is 13.0. The lowest BCUT2D eigenvalue weighted by Crippen LogP contribution is -2.55. The van der Waals surface area contributed by atoms with Crippen molar-refractivity contribution in [3.63, 3.8) is 0 Å². The van der Waals surface area contributed by atoms with E-state index < -0.39 is 23.8 Å². The number of carbonyl (C=O) groups excluding carboxylic acids is 1. The van der Waals surface area contributed by atoms with Gasteiger partial charge in [-0.05, 0) is 55.8 Å². The number of nitrogens with zero attached hydrogens (tertiary/aromatic N) is 5. The fourth-order valence-corrected chi connectivity index (χ4v) is 5.43. The van der Waals surface area contributed by atoms with Gasteiger partial charge in [0, 0.05) is 36.8 Å². The summed E-state index contributed by atoms with van der Waals surface area (Å²) < 4.78 is 62.1. The van der Waals surface area contributed by atoms with Gasteiger partial charge in [-0.1, -0.05) is 12.1 Å². The minimum Gasteiger partial charge on any atom is -0.497 e. The highest BCUT2D eigenvalue weighted by molar-refractivity contribution is 6.00. The molecule has 0 aliphatic carbocycles. The third-order valence-electron chi connectivity index (χ3n) is 7.53. The maximum atomic E-state index is 14.3. The van der Waals surface area contributed by atoms with Crippen LogP contribution < -0.4 is 4.74 Å². The zero-order valence-corrected chi connectivity index (χ0v) is 22.7. The van der Waals surface area contributed by atoms with Crippen LogP contribution in [0.15, 0.2) is 54.7 Å². The van der Waals surface area contributed by atoms with E-state index in [0.29, 0.717) is 28.9 Å². The summed E-state index contributed by atoms with van der Waals surface area (Å²) in [5.74, 6) is -0.324. The lowest BCUT2D eigenvalue weighted by atomic mass is 10.0. The largest absolute Gasteiger partial charge is 0.497 e. The molecule has 1 N–H and O–H groups in total. The highest BCUT2D eigenvalue weighted by atomic mass is 19.4. The molecule has 0 radical (unpaired) electrons.